The van der Waals surface area contributed by atoms with Crippen LogP contribution in [0.4, 0.5) is 0 Å². The van der Waals surface area contributed by atoms with Crippen molar-refractivity contribution in [1.29, 1.82) is 0 Å². The quantitative estimate of drug-likeness (QED) is 0.853. The van der Waals surface area contributed by atoms with E-state index in [2.05, 4.69) is 19.6 Å². The van der Waals surface area contributed by atoms with Crippen LogP contribution in [-0.4, -0.2) is 45.1 Å². The van der Waals surface area contributed by atoms with Gasteiger partial charge in [-0.1, -0.05) is 5.16 Å². The maximum Gasteiger partial charge on any atom is 0.255 e. The third kappa shape index (κ3) is 3.48. The topological polar surface area (TPSA) is 81.4 Å². The molecule has 7 nitrogen and oxygen atoms in total. The molecule has 1 fully saturated rings. The van der Waals surface area contributed by atoms with Crippen molar-refractivity contribution in [3.8, 4) is 0 Å². The van der Waals surface area contributed by atoms with Crippen LogP contribution in [0, 0.1) is 6.92 Å². The maximum absolute atomic E-state index is 12.4. The fraction of sp³-hybridized carbons (Fsp3) is 0.467. The summed E-state index contributed by atoms with van der Waals surface area (Å²) in [4.78, 5) is 22.3. The molecule has 7 heteroatoms. The van der Waals surface area contributed by atoms with Gasteiger partial charge in [0.2, 0.25) is 6.39 Å². The smallest absolute Gasteiger partial charge is 0.255 e. The SMILES string of the molecule is Cc1ccc(C(=O)N2CCC(OCc3ncon3)CC2)cn1. The Labute approximate surface area is 128 Å². The highest BCUT2D eigenvalue weighted by Crippen LogP contribution is 2.17. The molecule has 1 aliphatic heterocycles. The van der Waals surface area contributed by atoms with Crippen LogP contribution >= 0.6 is 0 Å². The fourth-order valence-electron chi connectivity index (χ4n) is 2.45. The Balaban J connectivity index is 1.48. The summed E-state index contributed by atoms with van der Waals surface area (Å²) in [6.45, 7) is 3.62. The molecule has 0 spiro atoms. The molecule has 0 N–H and O–H groups in total. The van der Waals surface area contributed by atoms with Crippen LogP contribution in [0.25, 0.3) is 0 Å². The maximum atomic E-state index is 12.4. The van der Waals surface area contributed by atoms with E-state index in [1.165, 1.54) is 6.39 Å². The van der Waals surface area contributed by atoms with Crippen molar-refractivity contribution < 1.29 is 14.1 Å². The third-order valence-corrected chi connectivity index (χ3v) is 3.74. The van der Waals surface area contributed by atoms with E-state index in [0.29, 0.717) is 31.1 Å². The average molecular weight is 302 g/mol. The van der Waals surface area contributed by atoms with Gasteiger partial charge in [-0.3, -0.25) is 9.78 Å². The molecule has 0 saturated carbocycles. The highest BCUT2D eigenvalue weighted by Gasteiger charge is 2.24. The summed E-state index contributed by atoms with van der Waals surface area (Å²) in [6.07, 6.45) is 4.66. The number of likely N-dealkylation sites (tertiary alicyclic amines) is 1. The molecule has 0 unspecified atom stereocenters. The molecule has 116 valence electrons. The molecule has 3 rings (SSSR count). The molecule has 2 aromatic heterocycles. The number of amides is 1. The number of rotatable bonds is 4. The second kappa shape index (κ2) is 6.65. The average Bonchev–Trinajstić information content (AvgIpc) is 3.07. The van der Waals surface area contributed by atoms with Gasteiger partial charge < -0.3 is 14.2 Å². The van der Waals surface area contributed by atoms with Gasteiger partial charge in [0, 0.05) is 25.0 Å². The molecule has 2 aromatic rings. The summed E-state index contributed by atoms with van der Waals surface area (Å²) in [5.74, 6) is 0.577. The van der Waals surface area contributed by atoms with E-state index >= 15 is 0 Å². The summed E-state index contributed by atoms with van der Waals surface area (Å²) in [7, 11) is 0. The van der Waals surface area contributed by atoms with Crippen molar-refractivity contribution in [2.24, 2.45) is 0 Å². The molecule has 0 radical (unpaired) electrons. The zero-order chi connectivity index (χ0) is 15.4. The number of pyridine rings is 1. The lowest BCUT2D eigenvalue weighted by molar-refractivity contribution is -0.00351. The Morgan fingerprint density at radius 3 is 2.82 bits per heavy atom. The van der Waals surface area contributed by atoms with Crippen molar-refractivity contribution in [1.82, 2.24) is 20.0 Å². The minimum Gasteiger partial charge on any atom is -0.370 e. The molecule has 0 atom stereocenters. The third-order valence-electron chi connectivity index (χ3n) is 3.74. The summed E-state index contributed by atoms with van der Waals surface area (Å²) >= 11 is 0. The lowest BCUT2D eigenvalue weighted by Crippen LogP contribution is -2.40. The van der Waals surface area contributed by atoms with Crippen LogP contribution in [0.1, 0.15) is 34.7 Å². The van der Waals surface area contributed by atoms with Gasteiger partial charge in [0.25, 0.3) is 5.91 Å². The van der Waals surface area contributed by atoms with Gasteiger partial charge in [0.1, 0.15) is 6.61 Å². The molecule has 1 aliphatic rings. The van der Waals surface area contributed by atoms with Crippen molar-refractivity contribution in [3.05, 3.63) is 41.8 Å². The van der Waals surface area contributed by atoms with Gasteiger partial charge in [0.05, 0.1) is 11.7 Å². The van der Waals surface area contributed by atoms with Crippen LogP contribution < -0.4 is 0 Å². The molecule has 1 amide bonds. The van der Waals surface area contributed by atoms with E-state index in [1.807, 2.05) is 24.0 Å². The van der Waals surface area contributed by atoms with Crippen LogP contribution in [0.5, 0.6) is 0 Å². The molecule has 0 bridgehead atoms. The first-order valence-electron chi connectivity index (χ1n) is 7.31. The molecule has 0 aromatic carbocycles. The summed E-state index contributed by atoms with van der Waals surface area (Å²) in [5.41, 5.74) is 1.54. The number of hydrogen-bond donors (Lipinski definition) is 0. The molecular formula is C15H18N4O3. The molecule has 0 aliphatic carbocycles. The minimum atomic E-state index is 0.0316. The highest BCUT2D eigenvalue weighted by atomic mass is 16.5. The second-order valence-corrected chi connectivity index (χ2v) is 5.34. The van der Waals surface area contributed by atoms with Gasteiger partial charge in [-0.05, 0) is 31.9 Å². The van der Waals surface area contributed by atoms with E-state index in [0.717, 1.165) is 18.5 Å². The predicted molar refractivity (Wildman–Crippen MR) is 77.0 cm³/mol. The van der Waals surface area contributed by atoms with E-state index in [4.69, 9.17) is 4.74 Å². The summed E-state index contributed by atoms with van der Waals surface area (Å²) in [6, 6.07) is 3.68. The van der Waals surface area contributed by atoms with Crippen molar-refractivity contribution in [3.63, 3.8) is 0 Å². The number of piperidine rings is 1. The first-order valence-corrected chi connectivity index (χ1v) is 7.31. The molecule has 22 heavy (non-hydrogen) atoms. The van der Waals surface area contributed by atoms with Crippen LogP contribution in [0.3, 0.4) is 0 Å². The Kier molecular flexibility index (Phi) is 4.43. The normalized spacial score (nSPS) is 16.0. The number of aromatic nitrogens is 3. The lowest BCUT2D eigenvalue weighted by atomic mass is 10.1. The van der Waals surface area contributed by atoms with Crippen molar-refractivity contribution in [2.45, 2.75) is 32.5 Å². The number of hydrogen-bond acceptors (Lipinski definition) is 6. The summed E-state index contributed by atoms with van der Waals surface area (Å²) in [5, 5.41) is 3.71. The Morgan fingerprint density at radius 1 is 1.36 bits per heavy atom. The van der Waals surface area contributed by atoms with Gasteiger partial charge >= 0.3 is 0 Å². The number of aryl methyl sites for hydroxylation is 1. The standard InChI is InChI=1S/C15H18N4O3/c1-11-2-3-12(8-16-11)15(20)19-6-4-13(5-7-19)21-9-14-17-10-22-18-14/h2-3,8,10,13H,4-7,9H2,1H3. The largest absolute Gasteiger partial charge is 0.370 e. The minimum absolute atomic E-state index is 0.0316. The monoisotopic (exact) mass is 302 g/mol. The highest BCUT2D eigenvalue weighted by molar-refractivity contribution is 5.93. The Hall–Kier alpha value is -2.28. The van der Waals surface area contributed by atoms with E-state index < -0.39 is 0 Å². The van der Waals surface area contributed by atoms with Gasteiger partial charge in [-0.15, -0.1) is 0 Å². The second-order valence-electron chi connectivity index (χ2n) is 5.34. The Morgan fingerprint density at radius 2 is 2.18 bits per heavy atom. The van der Waals surface area contributed by atoms with Gasteiger partial charge in [-0.2, -0.15) is 4.98 Å². The molecule has 3 heterocycles. The number of ether oxygens (including phenoxy) is 1. The van der Waals surface area contributed by atoms with Gasteiger partial charge in [0.15, 0.2) is 5.82 Å². The fourth-order valence-corrected chi connectivity index (χ4v) is 2.45. The van der Waals surface area contributed by atoms with Crippen molar-refractivity contribution in [2.75, 3.05) is 13.1 Å². The van der Waals surface area contributed by atoms with E-state index in [1.54, 1.807) is 6.20 Å². The molecular weight excluding hydrogens is 284 g/mol. The first kappa shape index (κ1) is 14.6. The zero-order valence-electron chi connectivity index (χ0n) is 12.4. The van der Waals surface area contributed by atoms with Crippen LogP contribution in [-0.2, 0) is 11.3 Å². The first-order chi connectivity index (χ1) is 10.7. The van der Waals surface area contributed by atoms with Crippen molar-refractivity contribution >= 4 is 5.91 Å². The van der Waals surface area contributed by atoms with Crippen LogP contribution in [0.15, 0.2) is 29.2 Å². The Bertz CT molecular complexity index is 604. The number of carbonyl (C=O) groups is 1. The summed E-state index contributed by atoms with van der Waals surface area (Å²) < 4.78 is 10.4. The zero-order valence-corrected chi connectivity index (χ0v) is 12.4. The van der Waals surface area contributed by atoms with E-state index in [9.17, 15) is 4.79 Å². The van der Waals surface area contributed by atoms with Crippen LogP contribution in [0.2, 0.25) is 0 Å². The van der Waals surface area contributed by atoms with Gasteiger partial charge in [-0.25, -0.2) is 0 Å². The predicted octanol–water partition coefficient (Wildman–Crippen LogP) is 1.59. The lowest BCUT2D eigenvalue weighted by Gasteiger charge is -2.31. The van der Waals surface area contributed by atoms with E-state index in [-0.39, 0.29) is 12.0 Å². The number of nitrogens with zero attached hydrogens (tertiary/aromatic N) is 4. The molecule has 1 saturated heterocycles. The number of carbonyl (C=O) groups excluding carboxylic acids is 1.